The van der Waals surface area contributed by atoms with E-state index in [1.165, 1.54) is 30.5 Å². The van der Waals surface area contributed by atoms with Gasteiger partial charge in [0.2, 0.25) is 0 Å². The number of rotatable bonds is 5. The van der Waals surface area contributed by atoms with Gasteiger partial charge in [-0.3, -0.25) is 14.9 Å². The van der Waals surface area contributed by atoms with Crippen molar-refractivity contribution in [2.75, 3.05) is 0 Å². The van der Waals surface area contributed by atoms with E-state index in [1.54, 1.807) is 12.1 Å². The molecule has 0 radical (unpaired) electrons. The highest BCUT2D eigenvalue weighted by Crippen LogP contribution is 2.23. The van der Waals surface area contributed by atoms with Gasteiger partial charge in [-0.15, -0.1) is 0 Å². The van der Waals surface area contributed by atoms with Gasteiger partial charge in [-0.05, 0) is 61.9 Å². The topological polar surface area (TPSA) is 89.5 Å². The molecule has 1 N–H and O–H groups in total. The molecule has 0 aliphatic carbocycles. The van der Waals surface area contributed by atoms with Crippen LogP contribution in [0.1, 0.15) is 27.3 Å². The van der Waals surface area contributed by atoms with Gasteiger partial charge in [0.05, 0.1) is 21.7 Å². The summed E-state index contributed by atoms with van der Waals surface area (Å²) in [6, 6.07) is 15.0. The number of amides is 1. The smallest absolute Gasteiger partial charge is 0.272 e. The Labute approximate surface area is 166 Å². The monoisotopic (exact) mass is 396 g/mol. The van der Waals surface area contributed by atoms with E-state index in [9.17, 15) is 14.9 Å². The molecule has 0 unspecified atom stereocenters. The zero-order valence-corrected chi connectivity index (χ0v) is 16.0. The van der Waals surface area contributed by atoms with Gasteiger partial charge in [-0.1, -0.05) is 11.6 Å². The molecule has 0 saturated heterocycles. The predicted molar refractivity (Wildman–Crippen MR) is 108 cm³/mol. The highest BCUT2D eigenvalue weighted by Gasteiger charge is 2.12. The molecule has 2 aromatic carbocycles. The summed E-state index contributed by atoms with van der Waals surface area (Å²) in [5.74, 6) is -0.448. The molecule has 0 spiro atoms. The number of halogens is 1. The molecule has 0 atom stereocenters. The number of nitrogens with zero attached hydrogens (tertiary/aromatic N) is 3. The number of aromatic nitrogens is 1. The van der Waals surface area contributed by atoms with E-state index in [4.69, 9.17) is 11.6 Å². The van der Waals surface area contributed by atoms with Gasteiger partial charge in [0.1, 0.15) is 0 Å². The Kier molecular flexibility index (Phi) is 5.56. The lowest BCUT2D eigenvalue weighted by Crippen LogP contribution is -2.18. The van der Waals surface area contributed by atoms with Crippen LogP contribution in [-0.2, 0) is 0 Å². The molecule has 28 heavy (non-hydrogen) atoms. The molecule has 0 aliphatic rings. The maximum absolute atomic E-state index is 12.3. The number of hydrogen-bond acceptors (Lipinski definition) is 4. The van der Waals surface area contributed by atoms with Gasteiger partial charge in [-0.2, -0.15) is 5.10 Å². The molecule has 8 heteroatoms. The molecule has 0 bridgehead atoms. The van der Waals surface area contributed by atoms with Crippen molar-refractivity contribution in [2.24, 2.45) is 5.10 Å². The standard InChI is InChI=1S/C20H17ClN4O3/c1-13-3-4-14(2)24(13)17-9-10-18(19(21)11-17)20(26)23-22-12-15-5-7-16(8-6-15)25(27)28/h3-12H,1-2H3,(H,23,26)/b22-12-. The van der Waals surface area contributed by atoms with E-state index in [1.807, 2.05) is 36.6 Å². The molecule has 0 fully saturated rings. The van der Waals surface area contributed by atoms with E-state index in [-0.39, 0.29) is 5.69 Å². The van der Waals surface area contributed by atoms with Crippen molar-refractivity contribution in [1.29, 1.82) is 0 Å². The first kappa shape index (κ1) is 19.3. The number of nitro groups is 1. The lowest BCUT2D eigenvalue weighted by atomic mass is 10.2. The SMILES string of the molecule is Cc1ccc(C)n1-c1ccc(C(=O)N/N=C\c2ccc([N+](=O)[O-])cc2)c(Cl)c1. The molecular formula is C20H17ClN4O3. The van der Waals surface area contributed by atoms with Crippen molar-refractivity contribution < 1.29 is 9.72 Å². The van der Waals surface area contributed by atoms with Crippen LogP contribution in [0.3, 0.4) is 0 Å². The van der Waals surface area contributed by atoms with E-state index >= 15 is 0 Å². The fourth-order valence-corrected chi connectivity index (χ4v) is 3.07. The van der Waals surface area contributed by atoms with Crippen LogP contribution >= 0.6 is 11.6 Å². The summed E-state index contributed by atoms with van der Waals surface area (Å²) in [5.41, 5.74) is 6.32. The van der Waals surface area contributed by atoms with Crippen molar-refractivity contribution >= 4 is 29.4 Å². The fraction of sp³-hybridized carbons (Fsp3) is 0.100. The Bertz CT molecular complexity index is 1050. The average molecular weight is 397 g/mol. The summed E-state index contributed by atoms with van der Waals surface area (Å²) >= 11 is 6.30. The highest BCUT2D eigenvalue weighted by atomic mass is 35.5. The Balaban J connectivity index is 1.71. The zero-order chi connectivity index (χ0) is 20.3. The first-order valence-corrected chi connectivity index (χ1v) is 8.77. The van der Waals surface area contributed by atoms with Gasteiger partial charge < -0.3 is 4.57 Å². The van der Waals surface area contributed by atoms with Crippen molar-refractivity contribution in [3.05, 3.63) is 92.2 Å². The van der Waals surface area contributed by atoms with Gasteiger partial charge in [0.25, 0.3) is 11.6 Å². The van der Waals surface area contributed by atoms with Crippen molar-refractivity contribution in [3.63, 3.8) is 0 Å². The molecule has 1 amide bonds. The van der Waals surface area contributed by atoms with E-state index in [0.717, 1.165) is 17.1 Å². The Hall–Kier alpha value is -3.45. The van der Waals surface area contributed by atoms with Gasteiger partial charge in [0.15, 0.2) is 0 Å². The number of carbonyl (C=O) groups is 1. The predicted octanol–water partition coefficient (Wildman–Crippen LogP) is 4.42. The van der Waals surface area contributed by atoms with Crippen LogP contribution in [0.2, 0.25) is 5.02 Å². The second-order valence-electron chi connectivity index (χ2n) is 6.16. The minimum absolute atomic E-state index is 0.0128. The molecular weight excluding hydrogens is 380 g/mol. The van der Waals surface area contributed by atoms with Crippen LogP contribution < -0.4 is 5.43 Å². The second kappa shape index (κ2) is 8.06. The maximum Gasteiger partial charge on any atom is 0.272 e. The van der Waals surface area contributed by atoms with Crippen molar-refractivity contribution in [3.8, 4) is 5.69 Å². The van der Waals surface area contributed by atoms with Crippen molar-refractivity contribution in [1.82, 2.24) is 9.99 Å². The Morgan fingerprint density at radius 2 is 1.75 bits per heavy atom. The third kappa shape index (κ3) is 4.10. The quantitative estimate of drug-likeness (QED) is 0.393. The number of hydrogen-bond donors (Lipinski definition) is 1. The molecule has 3 aromatic rings. The van der Waals surface area contributed by atoms with Crippen LogP contribution in [0.15, 0.2) is 59.7 Å². The van der Waals surface area contributed by atoms with Crippen LogP contribution in [0.25, 0.3) is 5.69 Å². The van der Waals surface area contributed by atoms with Gasteiger partial charge in [0, 0.05) is 29.2 Å². The average Bonchev–Trinajstić information content (AvgIpc) is 3.00. The van der Waals surface area contributed by atoms with Crippen LogP contribution in [0, 0.1) is 24.0 Å². The largest absolute Gasteiger partial charge is 0.318 e. The number of hydrazone groups is 1. The summed E-state index contributed by atoms with van der Waals surface area (Å²) < 4.78 is 2.04. The summed E-state index contributed by atoms with van der Waals surface area (Å²) in [5, 5.41) is 14.8. The summed E-state index contributed by atoms with van der Waals surface area (Å²) in [6.45, 7) is 3.99. The Morgan fingerprint density at radius 1 is 1.11 bits per heavy atom. The molecule has 1 aromatic heterocycles. The molecule has 3 rings (SSSR count). The van der Waals surface area contributed by atoms with E-state index in [2.05, 4.69) is 10.5 Å². The zero-order valence-electron chi connectivity index (χ0n) is 15.2. The minimum atomic E-state index is -0.481. The molecule has 142 valence electrons. The summed E-state index contributed by atoms with van der Waals surface area (Å²) in [6.07, 6.45) is 1.40. The first-order chi connectivity index (χ1) is 13.4. The molecule has 1 heterocycles. The van der Waals surface area contributed by atoms with Crippen LogP contribution in [0.4, 0.5) is 5.69 Å². The Morgan fingerprint density at radius 3 is 2.32 bits per heavy atom. The molecule has 0 aliphatic heterocycles. The normalized spacial score (nSPS) is 11.0. The molecule has 7 nitrogen and oxygen atoms in total. The maximum atomic E-state index is 12.3. The van der Waals surface area contributed by atoms with Crippen molar-refractivity contribution in [2.45, 2.75) is 13.8 Å². The number of aryl methyl sites for hydroxylation is 2. The summed E-state index contributed by atoms with van der Waals surface area (Å²) in [7, 11) is 0. The number of carbonyl (C=O) groups excluding carboxylic acids is 1. The number of nitrogens with one attached hydrogen (secondary N) is 1. The first-order valence-electron chi connectivity index (χ1n) is 8.39. The second-order valence-corrected chi connectivity index (χ2v) is 6.57. The van der Waals surface area contributed by atoms with Crippen LogP contribution in [0.5, 0.6) is 0 Å². The van der Waals surface area contributed by atoms with Crippen LogP contribution in [-0.4, -0.2) is 21.6 Å². The fourth-order valence-electron chi connectivity index (χ4n) is 2.81. The van der Waals surface area contributed by atoms with Gasteiger partial charge in [-0.25, -0.2) is 5.43 Å². The number of benzene rings is 2. The lowest BCUT2D eigenvalue weighted by Gasteiger charge is -2.11. The molecule has 0 saturated carbocycles. The third-order valence-corrected chi connectivity index (χ3v) is 4.52. The van der Waals surface area contributed by atoms with E-state index < -0.39 is 10.8 Å². The van der Waals surface area contributed by atoms with E-state index in [0.29, 0.717) is 16.1 Å². The minimum Gasteiger partial charge on any atom is -0.318 e. The third-order valence-electron chi connectivity index (χ3n) is 4.21. The van der Waals surface area contributed by atoms with Gasteiger partial charge >= 0.3 is 0 Å². The highest BCUT2D eigenvalue weighted by molar-refractivity contribution is 6.34. The summed E-state index contributed by atoms with van der Waals surface area (Å²) in [4.78, 5) is 22.5. The lowest BCUT2D eigenvalue weighted by molar-refractivity contribution is -0.384. The number of nitro benzene ring substituents is 1. The number of non-ortho nitro benzene ring substituents is 1.